The second kappa shape index (κ2) is 8.51. The summed E-state index contributed by atoms with van der Waals surface area (Å²) in [5.41, 5.74) is 0.901. The number of carbonyl (C=O) groups excluding carboxylic acids is 1. The predicted octanol–water partition coefficient (Wildman–Crippen LogP) is 2.61. The van der Waals surface area contributed by atoms with Crippen molar-refractivity contribution in [1.29, 1.82) is 5.26 Å². The molecule has 2 unspecified atom stereocenters. The van der Waals surface area contributed by atoms with Crippen LogP contribution < -0.4 is 4.74 Å². The van der Waals surface area contributed by atoms with Crippen LogP contribution in [0.2, 0.25) is 0 Å². The number of nitrogens with zero attached hydrogens (tertiary/aromatic N) is 2. The molecule has 128 valence electrons. The van der Waals surface area contributed by atoms with Gasteiger partial charge in [0.25, 0.3) is 5.91 Å². The van der Waals surface area contributed by atoms with Crippen molar-refractivity contribution < 1.29 is 14.6 Å². The van der Waals surface area contributed by atoms with Gasteiger partial charge >= 0.3 is 0 Å². The van der Waals surface area contributed by atoms with Gasteiger partial charge in [-0.3, -0.25) is 4.79 Å². The number of nitriles is 1. The lowest BCUT2D eigenvalue weighted by Gasteiger charge is -2.34. The van der Waals surface area contributed by atoms with E-state index in [4.69, 9.17) is 4.74 Å². The van der Waals surface area contributed by atoms with Gasteiger partial charge in [0.2, 0.25) is 0 Å². The third kappa shape index (κ3) is 4.59. The summed E-state index contributed by atoms with van der Waals surface area (Å²) >= 11 is 0. The van der Waals surface area contributed by atoms with Crippen LogP contribution in [0.4, 0.5) is 0 Å². The van der Waals surface area contributed by atoms with Crippen molar-refractivity contribution in [3.63, 3.8) is 0 Å². The van der Waals surface area contributed by atoms with E-state index >= 15 is 0 Å². The van der Waals surface area contributed by atoms with Gasteiger partial charge in [-0.05, 0) is 50.5 Å². The van der Waals surface area contributed by atoms with E-state index in [0.717, 1.165) is 24.2 Å². The number of rotatable bonds is 5. The first kappa shape index (κ1) is 18.0. The van der Waals surface area contributed by atoms with Crippen molar-refractivity contribution in [3.8, 4) is 11.8 Å². The Balaban J connectivity index is 2.12. The number of likely N-dealkylation sites (tertiary alicyclic amines) is 1. The zero-order valence-corrected chi connectivity index (χ0v) is 14.2. The summed E-state index contributed by atoms with van der Waals surface area (Å²) in [5.74, 6) is 0.570. The van der Waals surface area contributed by atoms with Gasteiger partial charge in [-0.15, -0.1) is 0 Å². The lowest BCUT2D eigenvalue weighted by Crippen LogP contribution is -2.43. The smallest absolute Gasteiger partial charge is 0.264 e. The molecule has 0 spiro atoms. The van der Waals surface area contributed by atoms with Gasteiger partial charge < -0.3 is 14.7 Å². The summed E-state index contributed by atoms with van der Waals surface area (Å²) in [7, 11) is 0. The highest BCUT2D eigenvalue weighted by Gasteiger charge is 2.28. The summed E-state index contributed by atoms with van der Waals surface area (Å²) in [6.45, 7) is 5.39. The van der Waals surface area contributed by atoms with Crippen LogP contribution >= 0.6 is 0 Å². The molecule has 1 aliphatic rings. The van der Waals surface area contributed by atoms with Crippen LogP contribution in [0.1, 0.15) is 32.3 Å². The first-order chi connectivity index (χ1) is 11.5. The lowest BCUT2D eigenvalue weighted by atomic mass is 9.93. The van der Waals surface area contributed by atoms with E-state index in [1.165, 1.54) is 0 Å². The van der Waals surface area contributed by atoms with E-state index in [1.807, 2.05) is 37.3 Å². The highest BCUT2D eigenvalue weighted by molar-refractivity contribution is 6.01. The molecule has 24 heavy (non-hydrogen) atoms. The molecule has 0 radical (unpaired) electrons. The van der Waals surface area contributed by atoms with Crippen LogP contribution in [0.5, 0.6) is 5.75 Å². The van der Waals surface area contributed by atoms with E-state index in [0.29, 0.717) is 19.7 Å². The SMILES string of the molecule is CCOc1ccc(/C=C(/C#N)C(=O)N2CCCC(C(C)O)C2)cc1. The standard InChI is InChI=1S/C19H24N2O3/c1-3-24-18-8-6-15(7-9-18)11-17(12-20)19(23)21-10-4-5-16(13-21)14(2)22/h6-9,11,14,16,22H,3-5,10,13H2,1-2H3/b17-11-. The first-order valence-corrected chi connectivity index (χ1v) is 8.37. The molecule has 1 aromatic rings. The third-order valence-corrected chi connectivity index (χ3v) is 4.28. The Morgan fingerprint density at radius 3 is 2.79 bits per heavy atom. The monoisotopic (exact) mass is 328 g/mol. The maximum absolute atomic E-state index is 12.6. The maximum atomic E-state index is 12.6. The molecule has 1 aromatic carbocycles. The number of aliphatic hydroxyl groups excluding tert-OH is 1. The summed E-state index contributed by atoms with van der Waals surface area (Å²) in [6, 6.07) is 9.29. The second-order valence-corrected chi connectivity index (χ2v) is 6.07. The number of benzene rings is 1. The van der Waals surface area contributed by atoms with Crippen LogP contribution in [0.15, 0.2) is 29.8 Å². The van der Waals surface area contributed by atoms with Gasteiger partial charge in [0.1, 0.15) is 17.4 Å². The summed E-state index contributed by atoms with van der Waals surface area (Å²) in [5, 5.41) is 19.1. The van der Waals surface area contributed by atoms with Crippen LogP contribution in [0, 0.1) is 17.2 Å². The van der Waals surface area contributed by atoms with Crippen molar-refractivity contribution in [1.82, 2.24) is 4.90 Å². The van der Waals surface area contributed by atoms with Gasteiger partial charge in [-0.1, -0.05) is 12.1 Å². The number of aliphatic hydroxyl groups is 1. The molecular weight excluding hydrogens is 304 g/mol. The summed E-state index contributed by atoms with van der Waals surface area (Å²) in [6.07, 6.45) is 2.92. The Morgan fingerprint density at radius 1 is 1.50 bits per heavy atom. The Labute approximate surface area is 143 Å². The predicted molar refractivity (Wildman–Crippen MR) is 92.2 cm³/mol. The first-order valence-electron chi connectivity index (χ1n) is 8.37. The molecule has 2 atom stereocenters. The fourth-order valence-corrected chi connectivity index (χ4v) is 2.89. The maximum Gasteiger partial charge on any atom is 0.264 e. The minimum Gasteiger partial charge on any atom is -0.494 e. The van der Waals surface area contributed by atoms with Crippen molar-refractivity contribution in [2.75, 3.05) is 19.7 Å². The molecule has 0 aliphatic carbocycles. The number of hydrogen-bond donors (Lipinski definition) is 1. The Bertz CT molecular complexity index is 629. The number of piperidine rings is 1. The van der Waals surface area contributed by atoms with Crippen LogP contribution in [-0.4, -0.2) is 41.7 Å². The Kier molecular flexibility index (Phi) is 6.39. The molecule has 1 heterocycles. The summed E-state index contributed by atoms with van der Waals surface area (Å²) < 4.78 is 5.38. The normalized spacial score (nSPS) is 19.5. The number of amides is 1. The molecule has 1 fully saturated rings. The highest BCUT2D eigenvalue weighted by Crippen LogP contribution is 2.22. The molecule has 1 saturated heterocycles. The Hall–Kier alpha value is -2.32. The fourth-order valence-electron chi connectivity index (χ4n) is 2.89. The molecular formula is C19H24N2O3. The van der Waals surface area contributed by atoms with Crippen molar-refractivity contribution in [2.24, 2.45) is 5.92 Å². The van der Waals surface area contributed by atoms with Gasteiger partial charge in [-0.2, -0.15) is 5.26 Å². The minimum atomic E-state index is -0.443. The average Bonchev–Trinajstić information content (AvgIpc) is 2.61. The zero-order valence-electron chi connectivity index (χ0n) is 14.2. The van der Waals surface area contributed by atoms with Crippen molar-refractivity contribution in [3.05, 3.63) is 35.4 Å². The van der Waals surface area contributed by atoms with Gasteiger partial charge in [-0.25, -0.2) is 0 Å². The van der Waals surface area contributed by atoms with E-state index in [2.05, 4.69) is 0 Å². The quantitative estimate of drug-likeness (QED) is 0.666. The fraction of sp³-hybridized carbons (Fsp3) is 0.474. The molecule has 2 rings (SSSR count). The molecule has 1 amide bonds. The average molecular weight is 328 g/mol. The zero-order chi connectivity index (χ0) is 17.5. The van der Waals surface area contributed by atoms with Crippen molar-refractivity contribution in [2.45, 2.75) is 32.8 Å². The van der Waals surface area contributed by atoms with Gasteiger partial charge in [0.15, 0.2) is 0 Å². The van der Waals surface area contributed by atoms with Crippen LogP contribution in [-0.2, 0) is 4.79 Å². The number of carbonyl (C=O) groups is 1. The van der Waals surface area contributed by atoms with Gasteiger partial charge in [0.05, 0.1) is 12.7 Å². The van der Waals surface area contributed by atoms with Crippen LogP contribution in [0.3, 0.4) is 0 Å². The number of ether oxygens (including phenoxy) is 1. The molecule has 1 N–H and O–H groups in total. The molecule has 0 bridgehead atoms. The topological polar surface area (TPSA) is 73.6 Å². The van der Waals surface area contributed by atoms with Crippen LogP contribution in [0.25, 0.3) is 6.08 Å². The Morgan fingerprint density at radius 2 is 2.21 bits per heavy atom. The van der Waals surface area contributed by atoms with E-state index < -0.39 is 6.10 Å². The second-order valence-electron chi connectivity index (χ2n) is 6.07. The molecule has 0 aromatic heterocycles. The molecule has 0 saturated carbocycles. The largest absolute Gasteiger partial charge is 0.494 e. The molecule has 5 nitrogen and oxygen atoms in total. The third-order valence-electron chi connectivity index (χ3n) is 4.28. The lowest BCUT2D eigenvalue weighted by molar-refractivity contribution is -0.129. The van der Waals surface area contributed by atoms with E-state index in [1.54, 1.807) is 17.9 Å². The number of hydrogen-bond acceptors (Lipinski definition) is 4. The highest BCUT2D eigenvalue weighted by atomic mass is 16.5. The van der Waals surface area contributed by atoms with Gasteiger partial charge in [0, 0.05) is 19.0 Å². The van der Waals surface area contributed by atoms with E-state index in [9.17, 15) is 15.2 Å². The minimum absolute atomic E-state index is 0.0770. The van der Waals surface area contributed by atoms with E-state index in [-0.39, 0.29) is 17.4 Å². The molecule has 1 aliphatic heterocycles. The molecule has 5 heteroatoms. The summed E-state index contributed by atoms with van der Waals surface area (Å²) in [4.78, 5) is 14.3. The van der Waals surface area contributed by atoms with Crippen molar-refractivity contribution >= 4 is 12.0 Å².